The summed E-state index contributed by atoms with van der Waals surface area (Å²) in [5.74, 6) is -0.0173. The molecular formula is C27H28FN5O2S. The number of halogens is 1. The van der Waals surface area contributed by atoms with E-state index in [1.807, 2.05) is 17.0 Å². The number of nitrogens with zero attached hydrogens (tertiary/aromatic N) is 5. The third-order valence-electron chi connectivity index (χ3n) is 6.70. The van der Waals surface area contributed by atoms with Gasteiger partial charge in [0.1, 0.15) is 12.1 Å². The predicted octanol–water partition coefficient (Wildman–Crippen LogP) is 4.13. The van der Waals surface area contributed by atoms with E-state index in [2.05, 4.69) is 28.7 Å². The molecule has 0 aliphatic carbocycles. The van der Waals surface area contributed by atoms with Gasteiger partial charge in [-0.05, 0) is 49.3 Å². The molecule has 1 fully saturated rings. The number of carbonyl (C=O) groups excluding carboxylic acids is 1. The van der Waals surface area contributed by atoms with E-state index < -0.39 is 11.2 Å². The Hall–Kier alpha value is -3.27. The lowest BCUT2D eigenvalue weighted by molar-refractivity contribution is 0.0595. The van der Waals surface area contributed by atoms with E-state index in [9.17, 15) is 13.7 Å². The van der Waals surface area contributed by atoms with E-state index in [-0.39, 0.29) is 11.7 Å². The molecule has 1 atom stereocenters. The summed E-state index contributed by atoms with van der Waals surface area (Å²) >= 11 is -1.25. The fourth-order valence-corrected chi connectivity index (χ4v) is 5.36. The van der Waals surface area contributed by atoms with Crippen molar-refractivity contribution >= 4 is 28.0 Å². The molecule has 0 bridgehead atoms. The van der Waals surface area contributed by atoms with Gasteiger partial charge in [0.05, 0.1) is 17.1 Å². The molecule has 2 aromatic heterocycles. The standard InChI is InChI=1S/C27H28FN5O2S/c1-18(2)31-10-12-32(13-11-31)26(34)19-8-9-22-24(14-19)33(17-25(22)36(3)35)27-29-15-20(16-30-27)21-6-4-5-7-23(21)28/h4-9,14-18H,10-13H2,1-3H3. The van der Waals surface area contributed by atoms with Crippen LogP contribution < -0.4 is 0 Å². The molecule has 0 radical (unpaired) electrons. The first-order chi connectivity index (χ1) is 17.3. The highest BCUT2D eigenvalue weighted by molar-refractivity contribution is 7.91. The van der Waals surface area contributed by atoms with Gasteiger partial charge in [-0.3, -0.25) is 14.3 Å². The molecular weight excluding hydrogens is 477 g/mol. The zero-order valence-corrected chi connectivity index (χ0v) is 21.3. The number of amides is 1. The van der Waals surface area contributed by atoms with Gasteiger partial charge in [-0.25, -0.2) is 14.4 Å². The van der Waals surface area contributed by atoms with Crippen molar-refractivity contribution < 1.29 is 13.7 Å². The molecule has 0 N–H and O–H groups in total. The average molecular weight is 506 g/mol. The molecule has 1 amide bonds. The molecule has 1 aliphatic rings. The highest BCUT2D eigenvalue weighted by Crippen LogP contribution is 2.29. The molecule has 1 aliphatic heterocycles. The Morgan fingerprint density at radius 2 is 1.75 bits per heavy atom. The minimum absolute atomic E-state index is 0.0250. The van der Waals surface area contributed by atoms with Crippen molar-refractivity contribution in [2.24, 2.45) is 0 Å². The van der Waals surface area contributed by atoms with Crippen LogP contribution in [0.25, 0.3) is 28.0 Å². The van der Waals surface area contributed by atoms with E-state index in [4.69, 9.17) is 0 Å². The summed E-state index contributed by atoms with van der Waals surface area (Å²) in [5, 5.41) is 0.777. The van der Waals surface area contributed by atoms with Gasteiger partial charge >= 0.3 is 0 Å². The number of hydrogen-bond acceptors (Lipinski definition) is 5. The first kappa shape index (κ1) is 24.4. The number of benzene rings is 2. The molecule has 0 spiro atoms. The van der Waals surface area contributed by atoms with Crippen LogP contribution in [0.1, 0.15) is 24.2 Å². The van der Waals surface area contributed by atoms with Crippen LogP contribution in [-0.2, 0) is 11.2 Å². The third kappa shape index (κ3) is 4.61. The van der Waals surface area contributed by atoms with E-state index in [0.29, 0.717) is 52.2 Å². The Morgan fingerprint density at radius 1 is 1.06 bits per heavy atom. The highest BCUT2D eigenvalue weighted by Gasteiger charge is 2.25. The van der Waals surface area contributed by atoms with Gasteiger partial charge in [-0.15, -0.1) is 0 Å². The highest BCUT2D eigenvalue weighted by atomic mass is 32.2. The van der Waals surface area contributed by atoms with Gasteiger partial charge in [0.15, 0.2) is 4.90 Å². The van der Waals surface area contributed by atoms with Crippen LogP contribution in [0, 0.1) is 5.82 Å². The van der Waals surface area contributed by atoms with Crippen LogP contribution in [0.4, 0.5) is 4.39 Å². The largest absolute Gasteiger partial charge is 0.612 e. The Morgan fingerprint density at radius 3 is 2.39 bits per heavy atom. The second kappa shape index (κ2) is 10.0. The summed E-state index contributed by atoms with van der Waals surface area (Å²) in [6.07, 6.45) is 6.50. The van der Waals surface area contributed by atoms with Crippen molar-refractivity contribution in [3.05, 3.63) is 72.4 Å². The molecule has 0 saturated carbocycles. The summed E-state index contributed by atoms with van der Waals surface area (Å²) in [7, 11) is 0. The minimum Gasteiger partial charge on any atom is -0.612 e. The van der Waals surface area contributed by atoms with Crippen molar-refractivity contribution in [1.82, 2.24) is 24.3 Å². The molecule has 3 heterocycles. The lowest BCUT2D eigenvalue weighted by atomic mass is 10.1. The van der Waals surface area contributed by atoms with Crippen molar-refractivity contribution in [1.29, 1.82) is 0 Å². The molecule has 36 heavy (non-hydrogen) atoms. The van der Waals surface area contributed by atoms with Gasteiger partial charge < -0.3 is 9.45 Å². The summed E-state index contributed by atoms with van der Waals surface area (Å²) in [5.41, 5.74) is 2.24. The number of carbonyl (C=O) groups is 1. The molecule has 9 heteroatoms. The normalized spacial score (nSPS) is 15.6. The zero-order valence-electron chi connectivity index (χ0n) is 20.5. The van der Waals surface area contributed by atoms with Gasteiger partial charge in [-0.1, -0.05) is 18.2 Å². The first-order valence-electron chi connectivity index (χ1n) is 11.9. The maximum atomic E-state index is 14.2. The summed E-state index contributed by atoms with van der Waals surface area (Å²) in [6, 6.07) is 12.4. The monoisotopic (exact) mass is 505 g/mol. The Balaban J connectivity index is 1.49. The van der Waals surface area contributed by atoms with Crippen LogP contribution in [0.3, 0.4) is 0 Å². The first-order valence-corrected chi connectivity index (χ1v) is 13.5. The van der Waals surface area contributed by atoms with Crippen molar-refractivity contribution in [2.75, 3.05) is 32.4 Å². The number of aromatic nitrogens is 3. The van der Waals surface area contributed by atoms with Crippen molar-refractivity contribution in [3.63, 3.8) is 0 Å². The fraction of sp³-hybridized carbons (Fsp3) is 0.296. The van der Waals surface area contributed by atoms with E-state index in [1.165, 1.54) is 6.07 Å². The molecule has 1 saturated heterocycles. The zero-order chi connectivity index (χ0) is 25.4. The predicted molar refractivity (Wildman–Crippen MR) is 139 cm³/mol. The lowest BCUT2D eigenvalue weighted by Gasteiger charge is -2.37. The summed E-state index contributed by atoms with van der Waals surface area (Å²) in [4.78, 5) is 27.1. The van der Waals surface area contributed by atoms with Gasteiger partial charge in [-0.2, -0.15) is 0 Å². The van der Waals surface area contributed by atoms with Gasteiger partial charge in [0.2, 0.25) is 5.95 Å². The smallest absolute Gasteiger partial charge is 0.254 e. The molecule has 2 aromatic carbocycles. The number of rotatable bonds is 5. The second-order valence-electron chi connectivity index (χ2n) is 9.22. The van der Waals surface area contributed by atoms with Crippen molar-refractivity contribution in [3.8, 4) is 17.1 Å². The SMILES string of the molecule is CC(C)N1CCN(C(=O)c2ccc3c([S+](C)[O-])cn(-c4ncc(-c5ccccc5F)cn4)c3c2)CC1. The maximum Gasteiger partial charge on any atom is 0.254 e. The molecule has 4 aromatic rings. The van der Waals surface area contributed by atoms with Gasteiger partial charge in [0.25, 0.3) is 5.91 Å². The Kier molecular flexibility index (Phi) is 6.79. The molecule has 1 unspecified atom stereocenters. The molecule has 186 valence electrons. The van der Waals surface area contributed by atoms with Crippen molar-refractivity contribution in [2.45, 2.75) is 24.8 Å². The van der Waals surface area contributed by atoms with E-state index in [1.54, 1.807) is 53.7 Å². The summed E-state index contributed by atoms with van der Waals surface area (Å²) in [6.45, 7) is 7.40. The third-order valence-corrected chi connectivity index (χ3v) is 7.64. The quantitative estimate of drug-likeness (QED) is 0.381. The van der Waals surface area contributed by atoms with Crippen LogP contribution >= 0.6 is 0 Å². The topological polar surface area (TPSA) is 77.3 Å². The second-order valence-corrected chi connectivity index (χ2v) is 10.6. The van der Waals surface area contributed by atoms with E-state index in [0.717, 1.165) is 18.5 Å². The fourth-order valence-electron chi connectivity index (χ4n) is 4.63. The molecule has 5 rings (SSSR count). The summed E-state index contributed by atoms with van der Waals surface area (Å²) < 4.78 is 28.4. The number of piperazine rings is 1. The molecule has 7 nitrogen and oxygen atoms in total. The Bertz CT molecular complexity index is 1400. The van der Waals surface area contributed by atoms with Crippen LogP contribution in [-0.4, -0.2) is 73.3 Å². The van der Waals surface area contributed by atoms with Gasteiger partial charge in [0, 0.05) is 61.3 Å². The maximum absolute atomic E-state index is 14.2. The minimum atomic E-state index is -1.25. The number of hydrogen-bond donors (Lipinski definition) is 0. The lowest BCUT2D eigenvalue weighted by Crippen LogP contribution is -2.50. The Labute approximate surface area is 212 Å². The van der Waals surface area contributed by atoms with Crippen LogP contribution in [0.15, 0.2) is 66.0 Å². The van der Waals surface area contributed by atoms with Crippen LogP contribution in [0.5, 0.6) is 0 Å². The average Bonchev–Trinajstić information content (AvgIpc) is 3.28. The number of fused-ring (bicyclic) bond motifs is 1. The van der Waals surface area contributed by atoms with E-state index >= 15 is 0 Å². The van der Waals surface area contributed by atoms with Crippen LogP contribution in [0.2, 0.25) is 0 Å².